The number of piperidine rings is 1. The van der Waals surface area contributed by atoms with Gasteiger partial charge in [0.15, 0.2) is 0 Å². The number of hydrogen-bond acceptors (Lipinski definition) is 7. The molecule has 0 atom stereocenters. The lowest BCUT2D eigenvalue weighted by molar-refractivity contribution is -0.149. The van der Waals surface area contributed by atoms with Gasteiger partial charge in [-0.1, -0.05) is 0 Å². The van der Waals surface area contributed by atoms with E-state index in [9.17, 15) is 4.79 Å². The van der Waals surface area contributed by atoms with Gasteiger partial charge in [0.05, 0.1) is 24.8 Å². The summed E-state index contributed by atoms with van der Waals surface area (Å²) in [6.45, 7) is 4.43. The predicted molar refractivity (Wildman–Crippen MR) is 89.5 cm³/mol. The molecule has 0 radical (unpaired) electrons. The molecule has 0 aliphatic carbocycles. The first-order chi connectivity index (χ1) is 11.7. The zero-order chi connectivity index (χ0) is 16.9. The van der Waals surface area contributed by atoms with Crippen molar-refractivity contribution in [3.63, 3.8) is 0 Å². The predicted octanol–water partition coefficient (Wildman–Crippen LogP) is 2.50. The highest BCUT2D eigenvalue weighted by molar-refractivity contribution is 7.71. The number of nitrogens with zero attached hydrogens (tertiary/aromatic N) is 4. The van der Waals surface area contributed by atoms with Crippen LogP contribution in [0.25, 0.3) is 11.5 Å². The molecular weight excluding hydrogens is 328 g/mol. The zero-order valence-corrected chi connectivity index (χ0v) is 14.4. The number of rotatable bonds is 5. The van der Waals surface area contributed by atoms with Gasteiger partial charge in [-0.3, -0.25) is 14.7 Å². The first-order valence-corrected chi connectivity index (χ1v) is 8.45. The minimum Gasteiger partial charge on any atom is -0.466 e. The summed E-state index contributed by atoms with van der Waals surface area (Å²) in [5.41, 5.74) is 0.795. The molecule has 7 nitrogen and oxygen atoms in total. The van der Waals surface area contributed by atoms with Crippen molar-refractivity contribution in [2.75, 3.05) is 19.7 Å². The number of esters is 1. The molecule has 128 valence electrons. The van der Waals surface area contributed by atoms with E-state index < -0.39 is 0 Å². The largest absolute Gasteiger partial charge is 0.466 e. The van der Waals surface area contributed by atoms with E-state index in [1.54, 1.807) is 17.1 Å². The Hall–Kier alpha value is -2.06. The Morgan fingerprint density at radius 3 is 2.92 bits per heavy atom. The molecule has 1 aliphatic heterocycles. The third kappa shape index (κ3) is 3.88. The van der Waals surface area contributed by atoms with Crippen LogP contribution in [0.2, 0.25) is 0 Å². The van der Waals surface area contributed by atoms with Gasteiger partial charge in [-0.15, -0.1) is 5.10 Å². The van der Waals surface area contributed by atoms with Crippen molar-refractivity contribution in [3.05, 3.63) is 29.4 Å². The summed E-state index contributed by atoms with van der Waals surface area (Å²) < 4.78 is 12.3. The molecular formula is C16H20N4O3S. The van der Waals surface area contributed by atoms with Gasteiger partial charge in [0.25, 0.3) is 4.84 Å². The molecule has 0 spiro atoms. The lowest BCUT2D eigenvalue weighted by Crippen LogP contribution is -2.38. The maximum absolute atomic E-state index is 11.8. The highest BCUT2D eigenvalue weighted by Crippen LogP contribution is 2.20. The van der Waals surface area contributed by atoms with Crippen LogP contribution in [0.15, 0.2) is 28.9 Å². The Morgan fingerprint density at radius 2 is 2.25 bits per heavy atom. The fourth-order valence-electron chi connectivity index (χ4n) is 2.76. The molecule has 0 unspecified atom stereocenters. The van der Waals surface area contributed by atoms with E-state index >= 15 is 0 Å². The molecule has 3 rings (SSSR count). The molecule has 0 saturated carbocycles. The van der Waals surface area contributed by atoms with Crippen LogP contribution < -0.4 is 0 Å². The highest BCUT2D eigenvalue weighted by Gasteiger charge is 2.26. The van der Waals surface area contributed by atoms with Gasteiger partial charge in [0, 0.05) is 25.5 Å². The van der Waals surface area contributed by atoms with Crippen LogP contribution in [-0.4, -0.2) is 45.3 Å². The Bertz CT molecular complexity index is 735. The molecule has 2 aromatic rings. The SMILES string of the molecule is CCOC(=O)C1CCN(Cn2nc(-c3cccnc3)oc2=S)CC1. The second-order valence-electron chi connectivity index (χ2n) is 5.70. The van der Waals surface area contributed by atoms with Crippen molar-refractivity contribution >= 4 is 18.2 Å². The molecule has 0 N–H and O–H groups in total. The number of hydrogen-bond donors (Lipinski definition) is 0. The molecule has 1 saturated heterocycles. The van der Waals surface area contributed by atoms with Crippen molar-refractivity contribution < 1.29 is 13.9 Å². The quantitative estimate of drug-likeness (QED) is 0.607. The molecule has 0 bridgehead atoms. The molecule has 0 amide bonds. The highest BCUT2D eigenvalue weighted by atomic mass is 32.1. The van der Waals surface area contributed by atoms with Crippen molar-refractivity contribution in [1.29, 1.82) is 0 Å². The van der Waals surface area contributed by atoms with Crippen LogP contribution >= 0.6 is 12.2 Å². The standard InChI is InChI=1S/C16H20N4O3S/c1-2-22-15(21)12-5-8-19(9-6-12)11-20-16(24)23-14(18-20)13-4-3-7-17-10-13/h3-4,7,10,12H,2,5-6,8-9,11H2,1H3. The summed E-state index contributed by atoms with van der Waals surface area (Å²) in [5.74, 6) is 0.376. The summed E-state index contributed by atoms with van der Waals surface area (Å²) >= 11 is 5.25. The average Bonchev–Trinajstić information content (AvgIpc) is 2.97. The maximum atomic E-state index is 11.8. The van der Waals surface area contributed by atoms with Crippen LogP contribution in [0.3, 0.4) is 0 Å². The van der Waals surface area contributed by atoms with Crippen LogP contribution in [0.1, 0.15) is 19.8 Å². The van der Waals surface area contributed by atoms with E-state index in [-0.39, 0.29) is 11.9 Å². The van der Waals surface area contributed by atoms with E-state index in [0.29, 0.717) is 24.0 Å². The Kier molecular flexibility index (Phi) is 5.37. The Morgan fingerprint density at radius 1 is 1.46 bits per heavy atom. The first kappa shape index (κ1) is 16.8. The lowest BCUT2D eigenvalue weighted by atomic mass is 9.97. The molecule has 1 fully saturated rings. The van der Waals surface area contributed by atoms with Crippen LogP contribution in [-0.2, 0) is 16.2 Å². The molecule has 1 aliphatic rings. The van der Waals surface area contributed by atoms with Gasteiger partial charge in [0.1, 0.15) is 0 Å². The van der Waals surface area contributed by atoms with Crippen LogP contribution in [0.4, 0.5) is 0 Å². The van der Waals surface area contributed by atoms with Gasteiger partial charge in [-0.2, -0.15) is 0 Å². The molecule has 3 heterocycles. The molecule has 2 aromatic heterocycles. The molecule has 8 heteroatoms. The lowest BCUT2D eigenvalue weighted by Gasteiger charge is -2.30. The topological polar surface area (TPSA) is 73.4 Å². The molecule has 0 aromatic carbocycles. The Balaban J connectivity index is 1.61. The monoisotopic (exact) mass is 348 g/mol. The third-order valence-electron chi connectivity index (χ3n) is 4.06. The number of ether oxygens (including phenoxy) is 1. The summed E-state index contributed by atoms with van der Waals surface area (Å²) in [4.78, 5) is 18.4. The van der Waals surface area contributed by atoms with Crippen LogP contribution in [0, 0.1) is 10.8 Å². The summed E-state index contributed by atoms with van der Waals surface area (Å²) in [5, 5.41) is 4.43. The number of carbonyl (C=O) groups excluding carboxylic acids is 1. The minimum absolute atomic E-state index is 0.00238. The number of pyridine rings is 1. The van der Waals surface area contributed by atoms with Crippen LogP contribution in [0.5, 0.6) is 0 Å². The summed E-state index contributed by atoms with van der Waals surface area (Å²) in [6.07, 6.45) is 4.97. The smallest absolute Gasteiger partial charge is 0.309 e. The van der Waals surface area contributed by atoms with E-state index in [1.807, 2.05) is 19.1 Å². The average molecular weight is 348 g/mol. The van der Waals surface area contributed by atoms with E-state index in [2.05, 4.69) is 15.0 Å². The summed E-state index contributed by atoms with van der Waals surface area (Å²) in [7, 11) is 0. The minimum atomic E-state index is -0.0888. The van der Waals surface area contributed by atoms with E-state index in [1.165, 1.54) is 0 Å². The van der Waals surface area contributed by atoms with Gasteiger partial charge in [-0.05, 0) is 44.1 Å². The summed E-state index contributed by atoms with van der Waals surface area (Å²) in [6, 6.07) is 3.70. The van der Waals surface area contributed by atoms with E-state index in [4.69, 9.17) is 21.4 Å². The maximum Gasteiger partial charge on any atom is 0.309 e. The number of aromatic nitrogens is 3. The van der Waals surface area contributed by atoms with Gasteiger partial charge in [-0.25, -0.2) is 4.68 Å². The number of likely N-dealkylation sites (tertiary alicyclic amines) is 1. The van der Waals surface area contributed by atoms with Crippen molar-refractivity contribution in [2.45, 2.75) is 26.4 Å². The van der Waals surface area contributed by atoms with Gasteiger partial charge < -0.3 is 9.15 Å². The molecule has 24 heavy (non-hydrogen) atoms. The fraction of sp³-hybridized carbons (Fsp3) is 0.500. The van der Waals surface area contributed by atoms with Crippen molar-refractivity contribution in [1.82, 2.24) is 19.7 Å². The van der Waals surface area contributed by atoms with E-state index in [0.717, 1.165) is 31.5 Å². The number of carbonyl (C=O) groups is 1. The van der Waals surface area contributed by atoms with Gasteiger partial charge >= 0.3 is 5.97 Å². The van der Waals surface area contributed by atoms with Crippen molar-refractivity contribution in [3.8, 4) is 11.5 Å². The third-order valence-corrected chi connectivity index (χ3v) is 4.35. The Labute approximate surface area is 145 Å². The van der Waals surface area contributed by atoms with Gasteiger partial charge in [0.2, 0.25) is 5.89 Å². The normalized spacial score (nSPS) is 16.2. The fourth-order valence-corrected chi connectivity index (χ4v) is 2.94. The second kappa shape index (κ2) is 7.67. The zero-order valence-electron chi connectivity index (χ0n) is 13.6. The van der Waals surface area contributed by atoms with Crippen molar-refractivity contribution in [2.24, 2.45) is 5.92 Å². The first-order valence-electron chi connectivity index (χ1n) is 8.04. The second-order valence-corrected chi connectivity index (χ2v) is 6.05.